The van der Waals surface area contributed by atoms with Gasteiger partial charge in [-0.1, -0.05) is 5.92 Å². The number of nitrogens with one attached hydrogen (secondary N) is 1. The molecule has 2 aromatic heterocycles. The Balaban J connectivity index is 1.72. The van der Waals surface area contributed by atoms with Crippen LogP contribution in [0.5, 0.6) is 0 Å². The minimum absolute atomic E-state index is 0.0674. The summed E-state index contributed by atoms with van der Waals surface area (Å²) in [6.45, 7) is 5.17. The number of thiazole rings is 1. The molecule has 0 bridgehead atoms. The van der Waals surface area contributed by atoms with Gasteiger partial charge in [0.15, 0.2) is 11.5 Å². The van der Waals surface area contributed by atoms with Crippen molar-refractivity contribution in [1.29, 1.82) is 0 Å². The molecule has 2 N–H and O–H groups in total. The number of carbonyl (C=O) groups excluding carboxylic acids is 1. The average Bonchev–Trinajstić information content (AvgIpc) is 3.10. The van der Waals surface area contributed by atoms with E-state index in [9.17, 15) is 9.90 Å². The van der Waals surface area contributed by atoms with Gasteiger partial charge in [0.05, 0.1) is 16.7 Å². The van der Waals surface area contributed by atoms with E-state index in [2.05, 4.69) is 22.1 Å². The standard InChI is InChI=1S/C18H20N2O3S/c1-11-19-16-13(5-4-6-15(16)24-11)20-17(21)14-8-7-12(23-14)9-10-18(2,3)22/h7-8,13,22H,4-6H2,1-3H3,(H,20,21)/t13-/m1/s1. The van der Waals surface area contributed by atoms with Crippen LogP contribution in [0.1, 0.15) is 64.6 Å². The zero-order chi connectivity index (χ0) is 17.3. The monoisotopic (exact) mass is 344 g/mol. The number of furan rings is 1. The Morgan fingerprint density at radius 3 is 3.04 bits per heavy atom. The molecule has 0 fully saturated rings. The summed E-state index contributed by atoms with van der Waals surface area (Å²) in [6, 6.07) is 3.16. The van der Waals surface area contributed by atoms with Crippen molar-refractivity contribution in [3.05, 3.63) is 39.2 Å². The number of aromatic nitrogens is 1. The summed E-state index contributed by atoms with van der Waals surface area (Å²) in [7, 11) is 0. The number of fused-ring (bicyclic) bond motifs is 1. The maximum atomic E-state index is 12.4. The van der Waals surface area contributed by atoms with Gasteiger partial charge in [-0.2, -0.15) is 0 Å². The molecule has 0 radical (unpaired) electrons. The highest BCUT2D eigenvalue weighted by atomic mass is 32.1. The van der Waals surface area contributed by atoms with Crippen molar-refractivity contribution < 1.29 is 14.3 Å². The topological polar surface area (TPSA) is 75.4 Å². The number of hydrogen-bond acceptors (Lipinski definition) is 5. The molecule has 0 aromatic carbocycles. The summed E-state index contributed by atoms with van der Waals surface area (Å²) in [5, 5.41) is 13.6. The highest BCUT2D eigenvalue weighted by molar-refractivity contribution is 7.11. The van der Waals surface area contributed by atoms with Crippen LogP contribution in [0.15, 0.2) is 16.5 Å². The molecule has 1 atom stereocenters. The third-order valence-electron chi connectivity index (χ3n) is 3.69. The quantitative estimate of drug-likeness (QED) is 0.821. The van der Waals surface area contributed by atoms with Crippen LogP contribution in [0.3, 0.4) is 0 Å². The first-order valence-corrected chi connectivity index (χ1v) is 8.76. The van der Waals surface area contributed by atoms with Crippen molar-refractivity contribution in [2.45, 2.75) is 51.7 Å². The SMILES string of the molecule is Cc1nc2c(s1)CCC[C@H]2NC(=O)c1ccc(C#CC(C)(C)O)o1. The molecule has 126 valence electrons. The van der Waals surface area contributed by atoms with E-state index in [-0.39, 0.29) is 17.7 Å². The van der Waals surface area contributed by atoms with E-state index in [0.29, 0.717) is 5.76 Å². The summed E-state index contributed by atoms with van der Waals surface area (Å²) >= 11 is 1.70. The van der Waals surface area contributed by atoms with Crippen molar-refractivity contribution >= 4 is 17.2 Å². The van der Waals surface area contributed by atoms with E-state index < -0.39 is 5.60 Å². The number of amides is 1. The van der Waals surface area contributed by atoms with E-state index in [1.165, 1.54) is 4.88 Å². The van der Waals surface area contributed by atoms with Crippen molar-refractivity contribution in [3.63, 3.8) is 0 Å². The predicted molar refractivity (Wildman–Crippen MR) is 91.9 cm³/mol. The molecule has 1 aliphatic carbocycles. The minimum atomic E-state index is -1.10. The van der Waals surface area contributed by atoms with Gasteiger partial charge in [-0.15, -0.1) is 11.3 Å². The molecule has 0 unspecified atom stereocenters. The molecule has 1 aliphatic rings. The third kappa shape index (κ3) is 3.86. The summed E-state index contributed by atoms with van der Waals surface area (Å²) in [6.07, 6.45) is 2.96. The van der Waals surface area contributed by atoms with Crippen LogP contribution in [-0.4, -0.2) is 21.6 Å². The van der Waals surface area contributed by atoms with E-state index in [1.807, 2.05) is 6.92 Å². The Hall–Kier alpha value is -2.10. The Morgan fingerprint density at radius 2 is 2.29 bits per heavy atom. The maximum Gasteiger partial charge on any atom is 0.287 e. The first kappa shape index (κ1) is 16.7. The molecular weight excluding hydrogens is 324 g/mol. The molecule has 5 nitrogen and oxygen atoms in total. The van der Waals surface area contributed by atoms with Gasteiger partial charge < -0.3 is 14.8 Å². The Labute approximate surface area is 145 Å². The number of aryl methyl sites for hydroxylation is 2. The molecule has 3 rings (SSSR count). The van der Waals surface area contributed by atoms with Gasteiger partial charge in [0.25, 0.3) is 5.91 Å². The van der Waals surface area contributed by atoms with Gasteiger partial charge in [0.1, 0.15) is 5.60 Å². The molecule has 2 aromatic rings. The molecule has 0 saturated carbocycles. The lowest BCUT2D eigenvalue weighted by Gasteiger charge is -2.21. The van der Waals surface area contributed by atoms with Crippen LogP contribution < -0.4 is 5.32 Å². The van der Waals surface area contributed by atoms with E-state index >= 15 is 0 Å². The number of rotatable bonds is 2. The predicted octanol–water partition coefficient (Wildman–Crippen LogP) is 2.97. The van der Waals surface area contributed by atoms with E-state index in [1.54, 1.807) is 37.3 Å². The number of aliphatic hydroxyl groups is 1. The lowest BCUT2D eigenvalue weighted by atomic mass is 9.97. The Morgan fingerprint density at radius 1 is 1.50 bits per heavy atom. The highest BCUT2D eigenvalue weighted by Crippen LogP contribution is 2.33. The molecule has 0 spiro atoms. The molecule has 2 heterocycles. The minimum Gasteiger partial charge on any atom is -0.443 e. The smallest absolute Gasteiger partial charge is 0.287 e. The fourth-order valence-electron chi connectivity index (χ4n) is 2.65. The third-order valence-corrected chi connectivity index (χ3v) is 4.73. The normalized spacial score (nSPS) is 16.9. The second-order valence-electron chi connectivity index (χ2n) is 6.43. The van der Waals surface area contributed by atoms with Crippen LogP contribution in [-0.2, 0) is 6.42 Å². The molecular formula is C18H20N2O3S. The van der Waals surface area contributed by atoms with Crippen LogP contribution in [0.2, 0.25) is 0 Å². The lowest BCUT2D eigenvalue weighted by molar-refractivity contribution is 0.0903. The zero-order valence-electron chi connectivity index (χ0n) is 14.0. The zero-order valence-corrected chi connectivity index (χ0v) is 14.8. The molecule has 0 aliphatic heterocycles. The van der Waals surface area contributed by atoms with E-state index in [4.69, 9.17) is 4.42 Å². The van der Waals surface area contributed by atoms with Crippen molar-refractivity contribution in [1.82, 2.24) is 10.3 Å². The van der Waals surface area contributed by atoms with Gasteiger partial charge >= 0.3 is 0 Å². The maximum absolute atomic E-state index is 12.4. The summed E-state index contributed by atoms with van der Waals surface area (Å²) in [4.78, 5) is 18.2. The number of hydrogen-bond donors (Lipinski definition) is 2. The van der Waals surface area contributed by atoms with Gasteiger partial charge in [0, 0.05) is 4.88 Å². The van der Waals surface area contributed by atoms with Crippen LogP contribution in [0.4, 0.5) is 0 Å². The Bertz CT molecular complexity index is 817. The fraction of sp³-hybridized carbons (Fsp3) is 0.444. The van der Waals surface area contributed by atoms with Gasteiger partial charge in [0.2, 0.25) is 0 Å². The van der Waals surface area contributed by atoms with Gasteiger partial charge in [-0.3, -0.25) is 4.79 Å². The number of nitrogens with zero attached hydrogens (tertiary/aromatic N) is 1. The summed E-state index contributed by atoms with van der Waals surface area (Å²) in [5.41, 5.74) is -0.110. The fourth-order valence-corrected chi connectivity index (χ4v) is 3.69. The van der Waals surface area contributed by atoms with E-state index in [0.717, 1.165) is 30.0 Å². The van der Waals surface area contributed by atoms with Gasteiger partial charge in [-0.05, 0) is 58.1 Å². The largest absolute Gasteiger partial charge is 0.443 e. The highest BCUT2D eigenvalue weighted by Gasteiger charge is 2.26. The molecule has 24 heavy (non-hydrogen) atoms. The Kier molecular flexibility index (Phi) is 4.48. The van der Waals surface area contributed by atoms with Crippen molar-refractivity contribution in [2.75, 3.05) is 0 Å². The second-order valence-corrected chi connectivity index (χ2v) is 7.72. The lowest BCUT2D eigenvalue weighted by Crippen LogP contribution is -2.30. The first-order valence-electron chi connectivity index (χ1n) is 7.94. The van der Waals surface area contributed by atoms with Crippen LogP contribution >= 0.6 is 11.3 Å². The summed E-state index contributed by atoms with van der Waals surface area (Å²) in [5.74, 6) is 5.69. The number of carbonyl (C=O) groups is 1. The molecule has 1 amide bonds. The molecule has 0 saturated heterocycles. The van der Waals surface area contributed by atoms with Crippen LogP contribution in [0, 0.1) is 18.8 Å². The van der Waals surface area contributed by atoms with Crippen molar-refractivity contribution in [2.24, 2.45) is 0 Å². The average molecular weight is 344 g/mol. The second kappa shape index (κ2) is 6.42. The summed E-state index contributed by atoms with van der Waals surface area (Å²) < 4.78 is 5.46. The van der Waals surface area contributed by atoms with Crippen molar-refractivity contribution in [3.8, 4) is 11.8 Å². The van der Waals surface area contributed by atoms with Gasteiger partial charge in [-0.25, -0.2) is 4.98 Å². The first-order chi connectivity index (χ1) is 11.3. The molecule has 6 heteroatoms. The van der Waals surface area contributed by atoms with Crippen LogP contribution in [0.25, 0.3) is 0 Å².